The van der Waals surface area contributed by atoms with Crippen molar-refractivity contribution in [1.82, 2.24) is 0 Å². The molecule has 3 rings (SSSR count). The zero-order valence-electron chi connectivity index (χ0n) is 9.73. The van der Waals surface area contributed by atoms with Gasteiger partial charge in [0, 0.05) is 16.5 Å². The second-order valence-electron chi connectivity index (χ2n) is 4.17. The molecular weight excluding hydrogens is 276 g/mol. The van der Waals surface area contributed by atoms with Gasteiger partial charge in [0.25, 0.3) is 0 Å². The van der Waals surface area contributed by atoms with E-state index in [1.54, 1.807) is 0 Å². The number of carbonyl (C=O) groups is 1. The number of nitrogens with one attached hydrogen (secondary N) is 2. The number of halogens is 4. The Hall–Kier alpha value is -2.57. The minimum absolute atomic E-state index is 0.0113. The van der Waals surface area contributed by atoms with Crippen molar-refractivity contribution < 1.29 is 22.4 Å². The quantitative estimate of drug-likeness (QED) is 0.694. The van der Waals surface area contributed by atoms with Gasteiger partial charge in [-0.25, -0.2) is 22.4 Å². The van der Waals surface area contributed by atoms with Crippen molar-refractivity contribution in [2.75, 3.05) is 10.6 Å². The highest BCUT2D eigenvalue weighted by Crippen LogP contribution is 2.30. The van der Waals surface area contributed by atoms with E-state index in [2.05, 4.69) is 10.6 Å². The molecule has 0 heterocycles. The summed E-state index contributed by atoms with van der Waals surface area (Å²) in [5.74, 6) is -3.11. The van der Waals surface area contributed by atoms with Crippen molar-refractivity contribution in [3.8, 4) is 0 Å². The molecule has 2 amide bonds. The molecule has 0 atom stereocenters. The van der Waals surface area contributed by atoms with Crippen LogP contribution in [-0.2, 0) is 0 Å². The topological polar surface area (TPSA) is 41.1 Å². The maximum Gasteiger partial charge on any atom is 0.323 e. The Morgan fingerprint density at radius 1 is 0.950 bits per heavy atom. The van der Waals surface area contributed by atoms with Crippen molar-refractivity contribution in [1.29, 1.82) is 0 Å². The molecule has 2 aliphatic rings. The highest BCUT2D eigenvalue weighted by atomic mass is 19.1. The van der Waals surface area contributed by atoms with E-state index < -0.39 is 29.3 Å². The number of benzene rings is 2. The molecule has 7 heteroatoms. The van der Waals surface area contributed by atoms with E-state index in [1.807, 2.05) is 0 Å². The molecule has 0 saturated carbocycles. The number of carbonyl (C=O) groups excluding carboxylic acids is 1. The first-order chi connectivity index (χ1) is 9.47. The fourth-order valence-electron chi connectivity index (χ4n) is 1.91. The van der Waals surface area contributed by atoms with Gasteiger partial charge in [-0.1, -0.05) is 0 Å². The molecule has 0 spiro atoms. The van der Waals surface area contributed by atoms with Gasteiger partial charge in [0.05, 0.1) is 11.4 Å². The molecule has 0 unspecified atom stereocenters. The predicted octanol–water partition coefficient (Wildman–Crippen LogP) is 3.49. The van der Waals surface area contributed by atoms with Gasteiger partial charge in [-0.15, -0.1) is 0 Å². The van der Waals surface area contributed by atoms with E-state index in [1.165, 1.54) is 0 Å². The number of hydrogen-bond acceptors (Lipinski definition) is 1. The lowest BCUT2D eigenvalue weighted by Crippen LogP contribution is -2.23. The van der Waals surface area contributed by atoms with Gasteiger partial charge >= 0.3 is 6.03 Å². The molecule has 0 bridgehead atoms. The van der Waals surface area contributed by atoms with Crippen LogP contribution >= 0.6 is 0 Å². The van der Waals surface area contributed by atoms with Crippen LogP contribution in [0.2, 0.25) is 0 Å². The van der Waals surface area contributed by atoms with Gasteiger partial charge in [-0.05, 0) is 18.2 Å². The first-order valence-electron chi connectivity index (χ1n) is 5.53. The molecular formula is C13H6F4N2O. The highest BCUT2D eigenvalue weighted by Gasteiger charge is 2.23. The SMILES string of the molecule is O=C(Nc1ccc(F)cc1F)Nc1c(F)c2cc(F)c1=2. The number of amides is 2. The number of rotatable bonds is 2. The fraction of sp³-hybridized carbons (Fsp3) is 0. The number of hydrogen-bond donors (Lipinski definition) is 2. The second-order valence-corrected chi connectivity index (χ2v) is 4.17. The monoisotopic (exact) mass is 282 g/mol. The molecule has 1 aromatic carbocycles. The van der Waals surface area contributed by atoms with Gasteiger partial charge < -0.3 is 10.6 Å². The van der Waals surface area contributed by atoms with Crippen LogP contribution in [0.5, 0.6) is 0 Å². The molecule has 1 aromatic rings. The Morgan fingerprint density at radius 2 is 1.70 bits per heavy atom. The smallest absolute Gasteiger partial charge is 0.305 e. The zero-order valence-corrected chi connectivity index (χ0v) is 9.73. The van der Waals surface area contributed by atoms with Crippen molar-refractivity contribution >= 4 is 17.4 Å². The highest BCUT2D eigenvalue weighted by molar-refractivity contribution is 6.00. The normalized spacial score (nSPS) is 11.2. The second kappa shape index (κ2) is 4.22. The lowest BCUT2D eigenvalue weighted by molar-refractivity contribution is 0.262. The summed E-state index contributed by atoms with van der Waals surface area (Å²) in [4.78, 5) is 11.5. The van der Waals surface area contributed by atoms with E-state index in [-0.39, 0.29) is 21.8 Å². The molecule has 0 radical (unpaired) electrons. The minimum atomic E-state index is -0.974. The molecule has 0 saturated heterocycles. The largest absolute Gasteiger partial charge is 0.323 e. The average molecular weight is 282 g/mol. The van der Waals surface area contributed by atoms with Crippen molar-refractivity contribution in [3.05, 3.63) is 58.0 Å². The molecule has 2 aliphatic carbocycles. The Balaban J connectivity index is 1.75. The van der Waals surface area contributed by atoms with E-state index in [0.717, 1.165) is 18.2 Å². The summed E-state index contributed by atoms with van der Waals surface area (Å²) in [6, 6.07) is 2.62. The molecule has 0 aliphatic heterocycles. The third-order valence-corrected chi connectivity index (χ3v) is 2.90. The molecule has 0 aromatic heterocycles. The van der Waals surface area contributed by atoms with Gasteiger partial charge in [-0.3, -0.25) is 0 Å². The van der Waals surface area contributed by atoms with Crippen LogP contribution in [0, 0.1) is 33.7 Å². The summed E-state index contributed by atoms with van der Waals surface area (Å²) in [7, 11) is 0. The molecule has 2 N–H and O–H groups in total. The fourth-order valence-corrected chi connectivity index (χ4v) is 1.91. The van der Waals surface area contributed by atoms with Crippen molar-refractivity contribution in [2.24, 2.45) is 0 Å². The Labute approximate surface area is 109 Å². The Kier molecular flexibility index (Phi) is 2.63. The van der Waals surface area contributed by atoms with E-state index >= 15 is 0 Å². The average Bonchev–Trinajstić information content (AvgIpc) is 2.38. The van der Waals surface area contributed by atoms with E-state index in [0.29, 0.717) is 6.07 Å². The predicted molar refractivity (Wildman–Crippen MR) is 63.0 cm³/mol. The van der Waals surface area contributed by atoms with E-state index in [9.17, 15) is 22.4 Å². The first-order valence-corrected chi connectivity index (χ1v) is 5.53. The van der Waals surface area contributed by atoms with Gasteiger partial charge in [0.2, 0.25) is 0 Å². The van der Waals surface area contributed by atoms with E-state index in [4.69, 9.17) is 0 Å². The summed E-state index contributed by atoms with van der Waals surface area (Å²) >= 11 is 0. The molecule has 0 fully saturated rings. The third kappa shape index (κ3) is 1.78. The van der Waals surface area contributed by atoms with Crippen LogP contribution in [-0.4, -0.2) is 6.03 Å². The maximum atomic E-state index is 13.3. The third-order valence-electron chi connectivity index (χ3n) is 2.90. The summed E-state index contributed by atoms with van der Waals surface area (Å²) in [5, 5.41) is 4.28. The van der Waals surface area contributed by atoms with Gasteiger partial charge in [0.15, 0.2) is 5.82 Å². The van der Waals surface area contributed by atoms with Crippen LogP contribution in [0.1, 0.15) is 0 Å². The molecule has 20 heavy (non-hydrogen) atoms. The van der Waals surface area contributed by atoms with Gasteiger partial charge in [0.1, 0.15) is 17.5 Å². The Bertz CT molecular complexity index is 835. The maximum absolute atomic E-state index is 13.3. The first kappa shape index (κ1) is 12.5. The number of urea groups is 1. The molecule has 102 valence electrons. The lowest BCUT2D eigenvalue weighted by Gasteiger charge is -2.16. The zero-order chi connectivity index (χ0) is 14.4. The van der Waals surface area contributed by atoms with Crippen molar-refractivity contribution in [2.45, 2.75) is 0 Å². The Morgan fingerprint density at radius 3 is 2.35 bits per heavy atom. The van der Waals surface area contributed by atoms with Crippen LogP contribution in [0.25, 0.3) is 0 Å². The summed E-state index contributed by atoms with van der Waals surface area (Å²) in [6.07, 6.45) is 0. The van der Waals surface area contributed by atoms with Crippen molar-refractivity contribution in [3.63, 3.8) is 0 Å². The van der Waals surface area contributed by atoms with Crippen LogP contribution in [0.15, 0.2) is 24.3 Å². The summed E-state index contributed by atoms with van der Waals surface area (Å²) in [5.41, 5.74) is -0.553. The summed E-state index contributed by atoms with van der Waals surface area (Å²) in [6.45, 7) is 0. The number of anilines is 2. The van der Waals surface area contributed by atoms with Crippen LogP contribution in [0.4, 0.5) is 33.7 Å². The standard InChI is InChI=1S/C13H6F4N2O/c14-5-1-2-9(7(15)3-5)18-13(20)19-12-10-6(11(12)17)4-8(10)16/h1-4H,(H2,18,19,20). The van der Waals surface area contributed by atoms with Gasteiger partial charge in [-0.2, -0.15) is 0 Å². The molecule has 3 nitrogen and oxygen atoms in total. The van der Waals surface area contributed by atoms with Crippen LogP contribution in [0.3, 0.4) is 0 Å². The van der Waals surface area contributed by atoms with Crippen LogP contribution < -0.4 is 10.6 Å². The summed E-state index contributed by atoms with van der Waals surface area (Å²) < 4.78 is 52.2. The lowest BCUT2D eigenvalue weighted by atomic mass is 10.0. The minimum Gasteiger partial charge on any atom is -0.305 e.